The molecule has 80 valence electrons. The lowest BCUT2D eigenvalue weighted by molar-refractivity contribution is 0.109. The van der Waals surface area contributed by atoms with Gasteiger partial charge in [-0.25, -0.2) is 0 Å². The number of phenolic OH excluding ortho intramolecular Hbond substituents is 1. The van der Waals surface area contributed by atoms with Crippen molar-refractivity contribution in [2.75, 3.05) is 0 Å². The fraction of sp³-hybridized carbons (Fsp3) is 0.333. The summed E-state index contributed by atoms with van der Waals surface area (Å²) in [5.41, 5.74) is 0.870. The van der Waals surface area contributed by atoms with E-state index in [0.29, 0.717) is 12.6 Å². The van der Waals surface area contributed by atoms with Crippen LogP contribution in [0.2, 0.25) is 0 Å². The summed E-state index contributed by atoms with van der Waals surface area (Å²) < 4.78 is 0. The maximum absolute atomic E-state index is 10.9. The largest absolute Gasteiger partial charge is 0.507 e. The number of rotatable bonds is 2. The van der Waals surface area contributed by atoms with Crippen LogP contribution in [0.15, 0.2) is 12.1 Å². The zero-order chi connectivity index (χ0) is 11.6. The second kappa shape index (κ2) is 3.85. The molecule has 0 aromatic heterocycles. The highest BCUT2D eigenvalue weighted by Crippen LogP contribution is 2.30. The van der Waals surface area contributed by atoms with Crippen molar-refractivity contribution in [3.8, 4) is 5.75 Å². The van der Waals surface area contributed by atoms with Crippen LogP contribution >= 0.6 is 0 Å². The molecule has 15 heavy (non-hydrogen) atoms. The van der Waals surface area contributed by atoms with E-state index in [9.17, 15) is 14.7 Å². The third-order valence-electron chi connectivity index (χ3n) is 2.31. The highest BCUT2D eigenvalue weighted by Gasteiger charge is 2.21. The molecule has 0 aliphatic heterocycles. The van der Waals surface area contributed by atoms with Gasteiger partial charge in [0.25, 0.3) is 0 Å². The maximum Gasteiger partial charge on any atom is 0.154 e. The highest BCUT2D eigenvalue weighted by molar-refractivity contribution is 5.94. The molecule has 0 bridgehead atoms. The van der Waals surface area contributed by atoms with E-state index in [1.165, 1.54) is 6.07 Å². The molecule has 0 unspecified atom stereocenters. The van der Waals surface area contributed by atoms with E-state index in [0.717, 1.165) is 5.56 Å². The van der Waals surface area contributed by atoms with E-state index >= 15 is 0 Å². The van der Waals surface area contributed by atoms with Gasteiger partial charge in [0.15, 0.2) is 12.6 Å². The normalized spacial score (nSPS) is 11.1. The fourth-order valence-electron chi connectivity index (χ4n) is 1.53. The molecule has 0 saturated heterocycles. The lowest BCUT2D eigenvalue weighted by Crippen LogP contribution is -2.15. The highest BCUT2D eigenvalue weighted by atomic mass is 16.3. The first-order valence-electron chi connectivity index (χ1n) is 4.68. The molecule has 1 aromatic carbocycles. The van der Waals surface area contributed by atoms with Gasteiger partial charge in [0.05, 0.1) is 5.56 Å². The summed E-state index contributed by atoms with van der Waals surface area (Å²) >= 11 is 0. The predicted molar refractivity (Wildman–Crippen MR) is 57.6 cm³/mol. The first kappa shape index (κ1) is 11.4. The summed E-state index contributed by atoms with van der Waals surface area (Å²) in [5.74, 6) is -0.153. The molecule has 3 nitrogen and oxygen atoms in total. The van der Waals surface area contributed by atoms with Crippen LogP contribution in [0.4, 0.5) is 0 Å². The van der Waals surface area contributed by atoms with E-state index in [1.807, 2.05) is 20.8 Å². The summed E-state index contributed by atoms with van der Waals surface area (Å²) in [6.07, 6.45) is 1.12. The van der Waals surface area contributed by atoms with Gasteiger partial charge in [-0.05, 0) is 17.0 Å². The third-order valence-corrected chi connectivity index (χ3v) is 2.31. The molecule has 0 atom stereocenters. The van der Waals surface area contributed by atoms with Crippen molar-refractivity contribution in [3.05, 3.63) is 28.8 Å². The summed E-state index contributed by atoms with van der Waals surface area (Å²) in [6, 6.07) is 3.11. The van der Waals surface area contributed by atoms with Gasteiger partial charge in [0.1, 0.15) is 5.75 Å². The molecule has 0 fully saturated rings. The average Bonchev–Trinajstić information content (AvgIpc) is 2.15. The Kier molecular flexibility index (Phi) is 2.93. The van der Waals surface area contributed by atoms with Gasteiger partial charge in [-0.1, -0.05) is 26.8 Å². The lowest BCUT2D eigenvalue weighted by atomic mass is 9.82. The molecule has 0 heterocycles. The van der Waals surface area contributed by atoms with E-state index in [4.69, 9.17) is 0 Å². The first-order chi connectivity index (χ1) is 6.91. The molecule has 1 rings (SSSR count). The van der Waals surface area contributed by atoms with Gasteiger partial charge in [0.2, 0.25) is 0 Å². The fourth-order valence-corrected chi connectivity index (χ4v) is 1.53. The predicted octanol–water partition coefficient (Wildman–Crippen LogP) is 2.31. The Morgan fingerprint density at radius 3 is 2.00 bits per heavy atom. The molecular formula is C12H14O3. The van der Waals surface area contributed by atoms with E-state index in [-0.39, 0.29) is 22.3 Å². The lowest BCUT2D eigenvalue weighted by Gasteiger charge is -2.22. The molecular weight excluding hydrogens is 192 g/mol. The van der Waals surface area contributed by atoms with Gasteiger partial charge < -0.3 is 5.11 Å². The van der Waals surface area contributed by atoms with Crippen molar-refractivity contribution in [2.24, 2.45) is 0 Å². The number of benzene rings is 1. The smallest absolute Gasteiger partial charge is 0.154 e. The number of hydrogen-bond donors (Lipinski definition) is 1. The van der Waals surface area contributed by atoms with Crippen molar-refractivity contribution < 1.29 is 14.7 Å². The molecule has 0 saturated carbocycles. The van der Waals surface area contributed by atoms with E-state index < -0.39 is 0 Å². The number of carbonyl (C=O) groups excluding carboxylic acids is 2. The minimum Gasteiger partial charge on any atom is -0.507 e. The molecule has 0 radical (unpaired) electrons. The Labute approximate surface area is 88.7 Å². The average molecular weight is 206 g/mol. The van der Waals surface area contributed by atoms with Crippen LogP contribution in [0.3, 0.4) is 0 Å². The third kappa shape index (κ3) is 2.06. The SMILES string of the molecule is CC(C)(C)c1ccc(O)c(C=O)c1C=O. The summed E-state index contributed by atoms with van der Waals surface area (Å²) in [5, 5.41) is 9.42. The standard InChI is InChI=1S/C12H14O3/c1-12(2,3)10-4-5-11(15)9(7-14)8(10)6-13/h4-7,15H,1-3H3. The number of aldehydes is 2. The van der Waals surface area contributed by atoms with E-state index in [1.54, 1.807) is 6.07 Å². The number of phenols is 1. The molecule has 1 aromatic rings. The maximum atomic E-state index is 10.9. The zero-order valence-corrected chi connectivity index (χ0v) is 9.07. The van der Waals surface area contributed by atoms with Crippen LogP contribution in [0, 0.1) is 0 Å². The van der Waals surface area contributed by atoms with Crippen molar-refractivity contribution in [3.63, 3.8) is 0 Å². The molecule has 0 spiro atoms. The Hall–Kier alpha value is -1.64. The minimum absolute atomic E-state index is 0.0671. The van der Waals surface area contributed by atoms with Crippen LogP contribution < -0.4 is 0 Å². The Balaban J connectivity index is 3.56. The van der Waals surface area contributed by atoms with Crippen LogP contribution in [-0.2, 0) is 5.41 Å². The van der Waals surface area contributed by atoms with Crippen LogP contribution in [-0.4, -0.2) is 17.7 Å². The number of carbonyl (C=O) groups is 2. The molecule has 0 aliphatic rings. The Morgan fingerprint density at radius 1 is 1.07 bits per heavy atom. The molecule has 3 heteroatoms. The second-order valence-corrected chi connectivity index (χ2v) is 4.45. The monoisotopic (exact) mass is 206 g/mol. The number of hydrogen-bond acceptors (Lipinski definition) is 3. The number of aromatic hydroxyl groups is 1. The Morgan fingerprint density at radius 2 is 1.60 bits per heavy atom. The molecule has 1 N–H and O–H groups in total. The van der Waals surface area contributed by atoms with Crippen molar-refractivity contribution in [1.82, 2.24) is 0 Å². The Bertz CT molecular complexity index is 400. The van der Waals surface area contributed by atoms with E-state index in [2.05, 4.69) is 0 Å². The summed E-state index contributed by atoms with van der Waals surface area (Å²) in [7, 11) is 0. The van der Waals surface area contributed by atoms with Gasteiger partial charge in [0, 0.05) is 5.56 Å². The van der Waals surface area contributed by atoms with Crippen molar-refractivity contribution in [2.45, 2.75) is 26.2 Å². The van der Waals surface area contributed by atoms with Crippen LogP contribution in [0.1, 0.15) is 47.1 Å². The minimum atomic E-state index is -0.234. The van der Waals surface area contributed by atoms with Crippen LogP contribution in [0.5, 0.6) is 5.75 Å². The molecule has 0 aliphatic carbocycles. The topological polar surface area (TPSA) is 54.4 Å². The quantitative estimate of drug-likeness (QED) is 0.755. The summed E-state index contributed by atoms with van der Waals surface area (Å²) in [4.78, 5) is 21.7. The zero-order valence-electron chi connectivity index (χ0n) is 9.07. The van der Waals surface area contributed by atoms with Gasteiger partial charge in [-0.15, -0.1) is 0 Å². The van der Waals surface area contributed by atoms with Crippen molar-refractivity contribution in [1.29, 1.82) is 0 Å². The molecule has 0 amide bonds. The van der Waals surface area contributed by atoms with Crippen LogP contribution in [0.25, 0.3) is 0 Å². The first-order valence-corrected chi connectivity index (χ1v) is 4.68. The van der Waals surface area contributed by atoms with Gasteiger partial charge in [-0.3, -0.25) is 9.59 Å². The van der Waals surface area contributed by atoms with Gasteiger partial charge in [-0.2, -0.15) is 0 Å². The van der Waals surface area contributed by atoms with Gasteiger partial charge >= 0.3 is 0 Å². The summed E-state index contributed by atoms with van der Waals surface area (Å²) in [6.45, 7) is 5.84. The second-order valence-electron chi connectivity index (χ2n) is 4.45. The van der Waals surface area contributed by atoms with Crippen molar-refractivity contribution >= 4 is 12.6 Å².